The molecule has 0 aliphatic heterocycles. The molecule has 0 unspecified atom stereocenters. The van der Waals surface area contributed by atoms with Gasteiger partial charge in [-0.2, -0.15) is 4.98 Å². The van der Waals surface area contributed by atoms with E-state index in [9.17, 15) is 0 Å². The Kier molecular flexibility index (Phi) is 5.92. The lowest BCUT2D eigenvalue weighted by Crippen LogP contribution is -2.09. The number of ether oxygens (including phenoxy) is 1. The largest absolute Gasteiger partial charge is 0.497 e. The van der Waals surface area contributed by atoms with Gasteiger partial charge in [0.2, 0.25) is 5.95 Å². The molecule has 134 valence electrons. The highest BCUT2D eigenvalue weighted by molar-refractivity contribution is 6.33. The van der Waals surface area contributed by atoms with Gasteiger partial charge >= 0.3 is 0 Å². The molecule has 6 heteroatoms. The highest BCUT2D eigenvalue weighted by Gasteiger charge is 2.05. The van der Waals surface area contributed by atoms with E-state index in [4.69, 9.17) is 16.3 Å². The molecule has 26 heavy (non-hydrogen) atoms. The number of nitrogens with one attached hydrogen (secondary N) is 2. The second kappa shape index (κ2) is 8.54. The first-order valence-corrected chi connectivity index (χ1v) is 8.76. The number of nitrogens with zero attached hydrogens (tertiary/aromatic N) is 2. The number of hydrogen-bond acceptors (Lipinski definition) is 5. The van der Waals surface area contributed by atoms with Gasteiger partial charge in [-0.25, -0.2) is 4.98 Å². The van der Waals surface area contributed by atoms with E-state index in [0.29, 0.717) is 11.0 Å². The van der Waals surface area contributed by atoms with Gasteiger partial charge in [0.25, 0.3) is 0 Å². The van der Waals surface area contributed by atoms with Crippen LogP contribution < -0.4 is 15.4 Å². The van der Waals surface area contributed by atoms with Gasteiger partial charge in [0.1, 0.15) is 11.6 Å². The average molecular weight is 369 g/mol. The van der Waals surface area contributed by atoms with Crippen molar-refractivity contribution in [1.29, 1.82) is 0 Å². The van der Waals surface area contributed by atoms with Crippen LogP contribution in [0.15, 0.2) is 54.6 Å². The molecule has 0 aliphatic rings. The molecule has 0 amide bonds. The Labute approximate surface area is 158 Å². The van der Waals surface area contributed by atoms with E-state index in [2.05, 4.69) is 26.7 Å². The number of benzene rings is 2. The molecule has 3 rings (SSSR count). The normalized spacial score (nSPS) is 10.4. The predicted octanol–water partition coefficient (Wildman–Crippen LogP) is 4.85. The van der Waals surface area contributed by atoms with Gasteiger partial charge in [0.15, 0.2) is 0 Å². The first kappa shape index (κ1) is 18.0. The molecule has 1 heterocycles. The van der Waals surface area contributed by atoms with Gasteiger partial charge < -0.3 is 15.4 Å². The standard InChI is InChI=1S/C20H21ClN4O/c1-14-12-19(22-11-10-15-6-5-7-16(13-15)26-2)25-20(23-14)24-18-9-4-3-8-17(18)21/h3-9,12-13H,10-11H2,1-2H3,(H2,22,23,24,25). The molecule has 2 aromatic carbocycles. The summed E-state index contributed by atoms with van der Waals surface area (Å²) in [6.45, 7) is 2.70. The molecular weight excluding hydrogens is 348 g/mol. The first-order valence-electron chi connectivity index (χ1n) is 8.38. The van der Waals surface area contributed by atoms with Crippen LogP contribution in [0.3, 0.4) is 0 Å². The quantitative estimate of drug-likeness (QED) is 0.624. The molecule has 0 bridgehead atoms. The zero-order chi connectivity index (χ0) is 18.4. The summed E-state index contributed by atoms with van der Waals surface area (Å²) in [5, 5.41) is 7.14. The number of para-hydroxylation sites is 1. The Bertz CT molecular complexity index is 885. The molecule has 5 nitrogen and oxygen atoms in total. The summed E-state index contributed by atoms with van der Waals surface area (Å²) in [4.78, 5) is 8.94. The van der Waals surface area contributed by atoms with E-state index in [-0.39, 0.29) is 0 Å². The van der Waals surface area contributed by atoms with E-state index in [0.717, 1.165) is 35.9 Å². The van der Waals surface area contributed by atoms with Crippen LogP contribution in [-0.2, 0) is 6.42 Å². The lowest BCUT2D eigenvalue weighted by Gasteiger charge is -2.11. The number of rotatable bonds is 7. The van der Waals surface area contributed by atoms with Crippen molar-refractivity contribution < 1.29 is 4.74 Å². The topological polar surface area (TPSA) is 59.1 Å². The Morgan fingerprint density at radius 1 is 1.04 bits per heavy atom. The Morgan fingerprint density at radius 3 is 2.69 bits per heavy atom. The van der Waals surface area contributed by atoms with Crippen LogP contribution in [-0.4, -0.2) is 23.6 Å². The number of aryl methyl sites for hydroxylation is 1. The Morgan fingerprint density at radius 2 is 1.88 bits per heavy atom. The number of aromatic nitrogens is 2. The lowest BCUT2D eigenvalue weighted by molar-refractivity contribution is 0.414. The SMILES string of the molecule is COc1cccc(CCNc2cc(C)nc(Nc3ccccc3Cl)n2)c1. The molecule has 0 aliphatic carbocycles. The van der Waals surface area contributed by atoms with Gasteiger partial charge in [-0.1, -0.05) is 35.9 Å². The second-order valence-corrected chi connectivity index (χ2v) is 6.26. The minimum atomic E-state index is 0.516. The van der Waals surface area contributed by atoms with E-state index in [1.165, 1.54) is 5.56 Å². The molecule has 2 N–H and O–H groups in total. The number of halogens is 1. The fraction of sp³-hybridized carbons (Fsp3) is 0.200. The van der Waals surface area contributed by atoms with Crippen LogP contribution >= 0.6 is 11.6 Å². The highest BCUT2D eigenvalue weighted by atomic mass is 35.5. The predicted molar refractivity (Wildman–Crippen MR) is 107 cm³/mol. The van der Waals surface area contributed by atoms with Crippen molar-refractivity contribution >= 4 is 29.1 Å². The summed E-state index contributed by atoms with van der Waals surface area (Å²) < 4.78 is 5.26. The van der Waals surface area contributed by atoms with E-state index >= 15 is 0 Å². The van der Waals surface area contributed by atoms with Crippen molar-refractivity contribution in [2.75, 3.05) is 24.3 Å². The Balaban J connectivity index is 1.65. The monoisotopic (exact) mass is 368 g/mol. The van der Waals surface area contributed by atoms with Crippen molar-refractivity contribution in [3.05, 3.63) is 70.9 Å². The minimum Gasteiger partial charge on any atom is -0.497 e. The maximum absolute atomic E-state index is 6.19. The smallest absolute Gasteiger partial charge is 0.229 e. The fourth-order valence-electron chi connectivity index (χ4n) is 2.56. The van der Waals surface area contributed by atoms with Crippen molar-refractivity contribution in [3.63, 3.8) is 0 Å². The molecule has 0 atom stereocenters. The third-order valence-corrected chi connectivity index (χ3v) is 4.16. The van der Waals surface area contributed by atoms with Gasteiger partial charge in [0.05, 0.1) is 17.8 Å². The molecule has 0 fully saturated rings. The molecule has 0 saturated heterocycles. The van der Waals surface area contributed by atoms with Crippen molar-refractivity contribution in [1.82, 2.24) is 9.97 Å². The summed E-state index contributed by atoms with van der Waals surface area (Å²) in [6, 6.07) is 17.5. The third-order valence-electron chi connectivity index (χ3n) is 3.83. The molecular formula is C20H21ClN4O. The van der Waals surface area contributed by atoms with E-state index in [1.807, 2.05) is 55.5 Å². The summed E-state index contributed by atoms with van der Waals surface area (Å²) in [5.74, 6) is 2.16. The van der Waals surface area contributed by atoms with Crippen LogP contribution in [0.4, 0.5) is 17.5 Å². The van der Waals surface area contributed by atoms with Crippen molar-refractivity contribution in [2.45, 2.75) is 13.3 Å². The van der Waals surface area contributed by atoms with Gasteiger partial charge in [-0.15, -0.1) is 0 Å². The number of hydrogen-bond donors (Lipinski definition) is 2. The fourth-order valence-corrected chi connectivity index (χ4v) is 2.74. The van der Waals surface area contributed by atoms with Gasteiger partial charge in [-0.3, -0.25) is 0 Å². The van der Waals surface area contributed by atoms with E-state index < -0.39 is 0 Å². The van der Waals surface area contributed by atoms with Crippen molar-refractivity contribution in [2.24, 2.45) is 0 Å². The highest BCUT2D eigenvalue weighted by Crippen LogP contribution is 2.24. The third kappa shape index (κ3) is 4.86. The summed E-state index contributed by atoms with van der Waals surface area (Å²) in [7, 11) is 1.68. The van der Waals surface area contributed by atoms with E-state index in [1.54, 1.807) is 7.11 Å². The van der Waals surface area contributed by atoms with Crippen molar-refractivity contribution in [3.8, 4) is 5.75 Å². The zero-order valence-corrected chi connectivity index (χ0v) is 15.5. The minimum absolute atomic E-state index is 0.516. The van der Waals surface area contributed by atoms with Crippen LogP contribution in [0.25, 0.3) is 0 Å². The van der Waals surface area contributed by atoms with Crippen LogP contribution in [0, 0.1) is 6.92 Å². The molecule has 0 radical (unpaired) electrons. The van der Waals surface area contributed by atoms with Crippen LogP contribution in [0.2, 0.25) is 5.02 Å². The summed E-state index contributed by atoms with van der Waals surface area (Å²) >= 11 is 6.19. The van der Waals surface area contributed by atoms with Gasteiger partial charge in [0, 0.05) is 18.3 Å². The maximum Gasteiger partial charge on any atom is 0.229 e. The zero-order valence-electron chi connectivity index (χ0n) is 14.8. The number of anilines is 3. The number of methoxy groups -OCH3 is 1. The van der Waals surface area contributed by atoms with Crippen LogP contribution in [0.5, 0.6) is 5.75 Å². The molecule has 0 spiro atoms. The average Bonchev–Trinajstić information content (AvgIpc) is 2.63. The lowest BCUT2D eigenvalue weighted by atomic mass is 10.1. The molecule has 1 aromatic heterocycles. The Hall–Kier alpha value is -2.79. The van der Waals surface area contributed by atoms with Crippen LogP contribution in [0.1, 0.15) is 11.3 Å². The first-order chi connectivity index (χ1) is 12.6. The van der Waals surface area contributed by atoms with Gasteiger partial charge in [-0.05, 0) is 43.2 Å². The second-order valence-electron chi connectivity index (χ2n) is 5.85. The summed E-state index contributed by atoms with van der Waals surface area (Å²) in [5.41, 5.74) is 2.86. The molecule has 0 saturated carbocycles. The maximum atomic E-state index is 6.19. The molecule has 3 aromatic rings. The summed E-state index contributed by atoms with van der Waals surface area (Å²) in [6.07, 6.45) is 0.869.